The van der Waals surface area contributed by atoms with Gasteiger partial charge in [-0.2, -0.15) is 0 Å². The van der Waals surface area contributed by atoms with Crippen molar-refractivity contribution in [1.29, 1.82) is 0 Å². The quantitative estimate of drug-likeness (QED) is 0.296. The summed E-state index contributed by atoms with van der Waals surface area (Å²) in [5.41, 5.74) is 2.66. The van der Waals surface area contributed by atoms with Gasteiger partial charge in [-0.3, -0.25) is 9.36 Å². The Morgan fingerprint density at radius 1 is 1.09 bits per heavy atom. The first kappa shape index (κ1) is 23.9. The van der Waals surface area contributed by atoms with Crippen LogP contribution < -0.4 is 5.32 Å². The predicted molar refractivity (Wildman–Crippen MR) is 124 cm³/mol. The summed E-state index contributed by atoms with van der Waals surface area (Å²) in [4.78, 5) is 13.0. The monoisotopic (exact) mass is 475 g/mol. The first-order valence-electron chi connectivity index (χ1n) is 9.97. The summed E-state index contributed by atoms with van der Waals surface area (Å²) in [7, 11) is -3.19. The molecule has 3 rings (SSSR count). The second-order valence-corrected chi connectivity index (χ2v) is 9.43. The molecule has 0 aliphatic carbocycles. The van der Waals surface area contributed by atoms with Crippen LogP contribution in [0.15, 0.2) is 54.6 Å². The van der Waals surface area contributed by atoms with Crippen LogP contribution in [0.4, 0.5) is 10.1 Å². The molecule has 1 amide bonds. The maximum atomic E-state index is 13.1. The van der Waals surface area contributed by atoms with Gasteiger partial charge in [-0.1, -0.05) is 28.8 Å². The number of hydrogen-bond acceptors (Lipinski definition) is 7. The molecule has 1 aromatic heterocycles. The molecule has 0 aliphatic heterocycles. The Kier molecular flexibility index (Phi) is 8.41. The molecule has 2 aromatic carbocycles. The Bertz CT molecular complexity index is 1110. The van der Waals surface area contributed by atoms with Gasteiger partial charge < -0.3 is 14.4 Å². The van der Waals surface area contributed by atoms with Gasteiger partial charge in [0.15, 0.2) is 0 Å². The van der Waals surface area contributed by atoms with Gasteiger partial charge >= 0.3 is 7.60 Å². The summed E-state index contributed by atoms with van der Waals surface area (Å²) in [5, 5.41) is 6.79. The van der Waals surface area contributed by atoms with E-state index in [-0.39, 0.29) is 17.9 Å². The number of benzene rings is 2. The van der Waals surface area contributed by atoms with E-state index in [4.69, 9.17) is 9.05 Å². The molecular formula is C22H23FN3O4PS. The van der Waals surface area contributed by atoms with Crippen molar-refractivity contribution in [1.82, 2.24) is 9.59 Å². The fraction of sp³-hybridized carbons (Fsp3) is 0.227. The first-order valence-corrected chi connectivity index (χ1v) is 12.5. The lowest BCUT2D eigenvalue weighted by molar-refractivity contribution is -0.111. The minimum atomic E-state index is -3.19. The SMILES string of the molecule is CCOP(=O)(Cc1ccc(NC(=O)C=Cc2nnsc2-c2ccc(F)cc2)cc1)OCC. The Labute approximate surface area is 190 Å². The largest absolute Gasteiger partial charge is 0.335 e. The van der Waals surface area contributed by atoms with Crippen LogP contribution in [0.3, 0.4) is 0 Å². The second-order valence-electron chi connectivity index (χ2n) is 6.62. The summed E-state index contributed by atoms with van der Waals surface area (Å²) in [6.45, 7) is 4.13. The molecule has 10 heteroatoms. The molecule has 0 saturated heterocycles. The zero-order valence-electron chi connectivity index (χ0n) is 17.7. The molecule has 0 unspecified atom stereocenters. The van der Waals surface area contributed by atoms with Crippen molar-refractivity contribution >= 4 is 36.8 Å². The molecule has 0 fully saturated rings. The van der Waals surface area contributed by atoms with Crippen LogP contribution >= 0.6 is 19.1 Å². The lowest BCUT2D eigenvalue weighted by Gasteiger charge is -2.17. The average Bonchev–Trinajstić information content (AvgIpc) is 3.23. The third-order valence-corrected chi connectivity index (χ3v) is 7.11. The molecule has 0 bridgehead atoms. The van der Waals surface area contributed by atoms with Gasteiger partial charge in [-0.25, -0.2) is 4.39 Å². The van der Waals surface area contributed by atoms with E-state index < -0.39 is 7.60 Å². The Hall–Kier alpha value is -2.71. The average molecular weight is 475 g/mol. The number of anilines is 1. The zero-order chi connectivity index (χ0) is 23.0. The second kappa shape index (κ2) is 11.2. The number of carbonyl (C=O) groups is 1. The van der Waals surface area contributed by atoms with Gasteiger partial charge in [0, 0.05) is 11.8 Å². The van der Waals surface area contributed by atoms with Crippen LogP contribution in [0.25, 0.3) is 16.5 Å². The van der Waals surface area contributed by atoms with Gasteiger partial charge in [0.1, 0.15) is 11.5 Å². The van der Waals surface area contributed by atoms with Gasteiger partial charge in [0.2, 0.25) is 5.91 Å². The van der Waals surface area contributed by atoms with E-state index >= 15 is 0 Å². The van der Waals surface area contributed by atoms with Crippen LogP contribution in [0.2, 0.25) is 0 Å². The number of rotatable bonds is 10. The minimum absolute atomic E-state index is 0.159. The molecule has 3 aromatic rings. The molecule has 0 atom stereocenters. The maximum absolute atomic E-state index is 13.1. The van der Waals surface area contributed by atoms with Gasteiger partial charge in [-0.05, 0) is 66.8 Å². The summed E-state index contributed by atoms with van der Waals surface area (Å²) in [5.74, 6) is -0.669. The van der Waals surface area contributed by atoms with Crippen molar-refractivity contribution in [3.05, 3.63) is 71.7 Å². The maximum Gasteiger partial charge on any atom is 0.335 e. The molecule has 1 N–H and O–H groups in total. The van der Waals surface area contributed by atoms with E-state index in [1.807, 2.05) is 0 Å². The van der Waals surface area contributed by atoms with E-state index in [2.05, 4.69) is 14.9 Å². The fourth-order valence-electron chi connectivity index (χ4n) is 2.89. The lowest BCUT2D eigenvalue weighted by atomic mass is 10.1. The van der Waals surface area contributed by atoms with E-state index in [0.717, 1.165) is 16.0 Å². The first-order chi connectivity index (χ1) is 15.4. The summed E-state index contributed by atoms with van der Waals surface area (Å²) in [6, 6.07) is 13.0. The molecule has 32 heavy (non-hydrogen) atoms. The Morgan fingerprint density at radius 2 is 1.75 bits per heavy atom. The number of carbonyl (C=O) groups excluding carboxylic acids is 1. The van der Waals surface area contributed by atoms with E-state index in [1.165, 1.54) is 29.7 Å². The Balaban J connectivity index is 1.62. The molecule has 0 saturated carbocycles. The number of nitrogens with one attached hydrogen (secondary N) is 1. The zero-order valence-corrected chi connectivity index (χ0v) is 19.4. The highest BCUT2D eigenvalue weighted by Gasteiger charge is 2.23. The summed E-state index contributed by atoms with van der Waals surface area (Å²) >= 11 is 1.17. The van der Waals surface area contributed by atoms with Crippen molar-refractivity contribution in [2.45, 2.75) is 20.0 Å². The van der Waals surface area contributed by atoms with Crippen molar-refractivity contribution < 1.29 is 22.8 Å². The third-order valence-electron chi connectivity index (χ3n) is 4.26. The highest BCUT2D eigenvalue weighted by molar-refractivity contribution is 7.53. The van der Waals surface area contributed by atoms with Crippen LogP contribution in [0.1, 0.15) is 25.1 Å². The molecule has 1 heterocycles. The minimum Gasteiger partial charge on any atom is -0.323 e. The van der Waals surface area contributed by atoms with Gasteiger partial charge in [0.05, 0.1) is 24.3 Å². The van der Waals surface area contributed by atoms with E-state index in [9.17, 15) is 13.8 Å². The van der Waals surface area contributed by atoms with Crippen LogP contribution in [0, 0.1) is 5.82 Å². The van der Waals surface area contributed by atoms with Crippen LogP contribution in [-0.2, 0) is 24.6 Å². The van der Waals surface area contributed by atoms with Gasteiger partial charge in [0.25, 0.3) is 0 Å². The molecule has 0 aliphatic rings. The predicted octanol–water partition coefficient (Wildman–Crippen LogP) is 5.76. The number of halogens is 1. The van der Waals surface area contributed by atoms with Crippen molar-refractivity contribution in [3.63, 3.8) is 0 Å². The molecule has 0 spiro atoms. The van der Waals surface area contributed by atoms with Crippen molar-refractivity contribution in [3.8, 4) is 10.4 Å². The van der Waals surface area contributed by atoms with Crippen molar-refractivity contribution in [2.24, 2.45) is 0 Å². The Morgan fingerprint density at radius 3 is 2.38 bits per heavy atom. The van der Waals surface area contributed by atoms with Crippen LogP contribution in [-0.4, -0.2) is 28.7 Å². The van der Waals surface area contributed by atoms with E-state index in [1.54, 1.807) is 56.3 Å². The molecule has 168 valence electrons. The summed E-state index contributed by atoms with van der Waals surface area (Å²) < 4.78 is 40.3. The lowest BCUT2D eigenvalue weighted by Crippen LogP contribution is -2.07. The molecular weight excluding hydrogens is 452 g/mol. The molecule has 7 nitrogen and oxygen atoms in total. The standard InChI is InChI=1S/C22H23FN3O4PS/c1-3-29-31(28,30-4-2)15-16-5-11-19(12-6-16)24-21(27)14-13-20-22(32-26-25-20)17-7-9-18(23)10-8-17/h5-14H,3-4,15H2,1-2H3,(H,24,27). The normalized spacial score (nSPS) is 11.7. The van der Waals surface area contributed by atoms with Crippen LogP contribution in [0.5, 0.6) is 0 Å². The molecule has 0 radical (unpaired) electrons. The summed E-state index contributed by atoms with van der Waals surface area (Å²) in [6.07, 6.45) is 3.08. The number of hydrogen-bond donors (Lipinski definition) is 1. The fourth-order valence-corrected chi connectivity index (χ4v) is 5.24. The van der Waals surface area contributed by atoms with Gasteiger partial charge in [-0.15, -0.1) is 5.10 Å². The smallest absolute Gasteiger partial charge is 0.323 e. The number of aromatic nitrogens is 2. The number of amides is 1. The third kappa shape index (κ3) is 6.64. The topological polar surface area (TPSA) is 90.4 Å². The highest BCUT2D eigenvalue weighted by Crippen LogP contribution is 2.51. The highest BCUT2D eigenvalue weighted by atomic mass is 32.1. The van der Waals surface area contributed by atoms with E-state index in [0.29, 0.717) is 24.6 Å². The number of nitrogens with zero attached hydrogens (tertiary/aromatic N) is 2. The van der Waals surface area contributed by atoms with Crippen molar-refractivity contribution in [2.75, 3.05) is 18.5 Å².